The van der Waals surface area contributed by atoms with Crippen LogP contribution < -0.4 is 10.3 Å². The number of carbonyl (C=O) groups is 1. The number of hydrogen-bond acceptors (Lipinski definition) is 3. The van der Waals surface area contributed by atoms with Crippen LogP contribution in [-0.4, -0.2) is 23.7 Å². The Hall–Kier alpha value is -2.56. The van der Waals surface area contributed by atoms with Gasteiger partial charge in [-0.15, -0.1) is 0 Å². The molecule has 160 valence electrons. The number of fused-ring (bicyclic) bond motifs is 4. The summed E-state index contributed by atoms with van der Waals surface area (Å²) in [5.41, 5.74) is 9.79. The predicted octanol–water partition coefficient (Wildman–Crippen LogP) is 5.54. The van der Waals surface area contributed by atoms with Crippen LogP contribution in [0.5, 0.6) is 0 Å². The van der Waals surface area contributed by atoms with Gasteiger partial charge in [0.15, 0.2) is 0 Å². The van der Waals surface area contributed by atoms with Gasteiger partial charge in [0.25, 0.3) is 0 Å². The fraction of sp³-hybridized carbons (Fsp3) is 0.520. The summed E-state index contributed by atoms with van der Waals surface area (Å²) in [5, 5.41) is 5.61. The number of hydrazone groups is 1. The SMILES string of the molecule is CCCC1(CCC)C(=O)N(CC)c2cc3c4c([nH]c3cc21)/C=N/N/C=C(\C)CCC4. The van der Waals surface area contributed by atoms with E-state index >= 15 is 0 Å². The van der Waals surface area contributed by atoms with Gasteiger partial charge in [0.1, 0.15) is 0 Å². The van der Waals surface area contributed by atoms with Crippen molar-refractivity contribution in [2.24, 2.45) is 5.10 Å². The molecule has 30 heavy (non-hydrogen) atoms. The average Bonchev–Trinajstić information content (AvgIpc) is 3.17. The lowest BCUT2D eigenvalue weighted by Crippen LogP contribution is -2.40. The number of nitrogens with one attached hydrogen (secondary N) is 2. The molecule has 1 aromatic heterocycles. The van der Waals surface area contributed by atoms with Gasteiger partial charge >= 0.3 is 0 Å². The van der Waals surface area contributed by atoms with Crippen molar-refractivity contribution in [3.8, 4) is 0 Å². The monoisotopic (exact) mass is 406 g/mol. The van der Waals surface area contributed by atoms with E-state index in [1.54, 1.807) is 0 Å². The van der Waals surface area contributed by atoms with Crippen molar-refractivity contribution in [2.45, 2.75) is 78.1 Å². The average molecular weight is 407 g/mol. The molecule has 0 spiro atoms. The highest BCUT2D eigenvalue weighted by Gasteiger charge is 2.49. The van der Waals surface area contributed by atoms with E-state index in [-0.39, 0.29) is 5.41 Å². The van der Waals surface area contributed by atoms with Crippen molar-refractivity contribution in [1.29, 1.82) is 0 Å². The Bertz CT molecular complexity index is 1010. The van der Waals surface area contributed by atoms with Crippen LogP contribution in [0.15, 0.2) is 29.0 Å². The molecule has 1 aromatic carbocycles. The van der Waals surface area contributed by atoms with Crippen LogP contribution in [0.2, 0.25) is 0 Å². The number of amides is 1. The second-order valence-corrected chi connectivity index (χ2v) is 8.80. The molecule has 3 heterocycles. The number of nitrogens with zero attached hydrogens (tertiary/aromatic N) is 2. The molecular formula is C25H34N4O. The molecule has 0 bridgehead atoms. The zero-order valence-electron chi connectivity index (χ0n) is 18.8. The lowest BCUT2D eigenvalue weighted by molar-refractivity contribution is -0.123. The molecule has 4 rings (SSSR count). The minimum absolute atomic E-state index is 0.291. The van der Waals surface area contributed by atoms with Gasteiger partial charge in [0.2, 0.25) is 5.91 Å². The fourth-order valence-electron chi connectivity index (χ4n) is 5.42. The first-order valence-corrected chi connectivity index (χ1v) is 11.5. The zero-order chi connectivity index (χ0) is 21.3. The Morgan fingerprint density at radius 3 is 2.60 bits per heavy atom. The molecule has 0 unspecified atom stereocenters. The highest BCUT2D eigenvalue weighted by molar-refractivity contribution is 6.11. The van der Waals surface area contributed by atoms with Gasteiger partial charge in [-0.2, -0.15) is 5.10 Å². The zero-order valence-corrected chi connectivity index (χ0v) is 18.8. The summed E-state index contributed by atoms with van der Waals surface area (Å²) in [5.74, 6) is 0.291. The first-order chi connectivity index (χ1) is 14.6. The smallest absolute Gasteiger partial charge is 0.237 e. The van der Waals surface area contributed by atoms with Crippen LogP contribution >= 0.6 is 0 Å². The topological polar surface area (TPSA) is 60.5 Å². The van der Waals surface area contributed by atoms with Crippen LogP contribution in [0.1, 0.15) is 83.0 Å². The molecule has 0 saturated carbocycles. The second-order valence-electron chi connectivity index (χ2n) is 8.80. The maximum atomic E-state index is 13.6. The Balaban J connectivity index is 1.89. The normalized spacial score (nSPS) is 21.0. The predicted molar refractivity (Wildman–Crippen MR) is 125 cm³/mol. The molecule has 2 aliphatic heterocycles. The van der Waals surface area contributed by atoms with Crippen LogP contribution in [0.25, 0.3) is 10.9 Å². The second kappa shape index (κ2) is 8.29. The summed E-state index contributed by atoms with van der Waals surface area (Å²) in [6.45, 7) is 9.31. The third-order valence-corrected chi connectivity index (χ3v) is 6.76. The van der Waals surface area contributed by atoms with Crippen molar-refractivity contribution in [1.82, 2.24) is 10.4 Å². The number of hydrogen-bond donors (Lipinski definition) is 2. The van der Waals surface area contributed by atoms with E-state index in [0.717, 1.165) is 61.8 Å². The molecule has 0 radical (unpaired) electrons. The Labute approximate surface area is 179 Å². The highest BCUT2D eigenvalue weighted by atomic mass is 16.2. The molecule has 2 N–H and O–H groups in total. The quantitative estimate of drug-likeness (QED) is 0.685. The number of aromatic amines is 1. The number of aromatic nitrogens is 1. The van der Waals surface area contributed by atoms with Crippen LogP contribution in [0.3, 0.4) is 0 Å². The van der Waals surface area contributed by atoms with E-state index in [1.165, 1.54) is 22.1 Å². The van der Waals surface area contributed by atoms with Crippen molar-refractivity contribution < 1.29 is 4.79 Å². The van der Waals surface area contributed by atoms with Crippen LogP contribution in [-0.2, 0) is 16.6 Å². The van der Waals surface area contributed by atoms with Crippen molar-refractivity contribution in [2.75, 3.05) is 11.4 Å². The number of aryl methyl sites for hydroxylation is 1. The lowest BCUT2D eigenvalue weighted by atomic mass is 9.74. The van der Waals surface area contributed by atoms with E-state index in [0.29, 0.717) is 12.5 Å². The number of likely N-dealkylation sites (N-methyl/N-ethyl adjacent to an activating group) is 1. The Morgan fingerprint density at radius 2 is 1.90 bits per heavy atom. The number of benzene rings is 1. The third kappa shape index (κ3) is 3.24. The number of carbonyl (C=O) groups excluding carboxylic acids is 1. The van der Waals surface area contributed by atoms with Gasteiger partial charge in [0, 0.05) is 29.3 Å². The number of H-pyrrole nitrogens is 1. The van der Waals surface area contributed by atoms with Gasteiger partial charge in [-0.05, 0) is 69.2 Å². The molecular weight excluding hydrogens is 372 g/mol. The number of allylic oxidation sites excluding steroid dienone is 1. The van der Waals surface area contributed by atoms with E-state index in [1.807, 2.05) is 17.3 Å². The maximum Gasteiger partial charge on any atom is 0.237 e. The van der Waals surface area contributed by atoms with Gasteiger partial charge < -0.3 is 9.88 Å². The number of anilines is 1. The fourth-order valence-corrected chi connectivity index (χ4v) is 5.42. The maximum absolute atomic E-state index is 13.6. The van der Waals surface area contributed by atoms with Gasteiger partial charge in [-0.3, -0.25) is 10.2 Å². The molecule has 2 aliphatic rings. The summed E-state index contributed by atoms with van der Waals surface area (Å²) in [4.78, 5) is 19.2. The van der Waals surface area contributed by atoms with Crippen molar-refractivity contribution >= 4 is 28.7 Å². The molecule has 0 saturated heterocycles. The van der Waals surface area contributed by atoms with Crippen molar-refractivity contribution in [3.05, 3.63) is 40.7 Å². The van der Waals surface area contributed by atoms with E-state index in [4.69, 9.17) is 0 Å². The Morgan fingerprint density at radius 1 is 1.13 bits per heavy atom. The summed E-state index contributed by atoms with van der Waals surface area (Å²) in [6.07, 6.45) is 10.9. The molecule has 2 aromatic rings. The molecule has 0 fully saturated rings. The summed E-state index contributed by atoms with van der Waals surface area (Å²) in [7, 11) is 0. The lowest BCUT2D eigenvalue weighted by Gasteiger charge is -2.28. The standard InChI is InChI=1S/C25H34N4O/c1-5-11-25(12-6-2)20-14-21-19(13-23(20)29(7-3)24(25)30)18-10-8-9-17(4)15-26-27-16-22(18)28-21/h13-16,26,28H,5-12H2,1-4H3/b17-15+,27-16+. The van der Waals surface area contributed by atoms with Gasteiger partial charge in [0.05, 0.1) is 17.3 Å². The number of rotatable bonds is 5. The molecule has 5 heteroatoms. The van der Waals surface area contributed by atoms with Crippen molar-refractivity contribution in [3.63, 3.8) is 0 Å². The van der Waals surface area contributed by atoms with E-state index in [9.17, 15) is 4.79 Å². The van der Waals surface area contributed by atoms with Gasteiger partial charge in [-0.25, -0.2) is 0 Å². The van der Waals surface area contributed by atoms with Gasteiger partial charge in [-0.1, -0.05) is 32.3 Å². The molecule has 0 atom stereocenters. The Kier molecular flexibility index (Phi) is 5.72. The minimum Gasteiger partial charge on any atom is -0.353 e. The van der Waals surface area contributed by atoms with E-state index in [2.05, 4.69) is 55.3 Å². The summed E-state index contributed by atoms with van der Waals surface area (Å²) >= 11 is 0. The summed E-state index contributed by atoms with van der Waals surface area (Å²) < 4.78 is 0. The highest BCUT2D eigenvalue weighted by Crippen LogP contribution is 2.49. The van der Waals surface area contributed by atoms with E-state index < -0.39 is 0 Å². The summed E-state index contributed by atoms with van der Waals surface area (Å²) in [6, 6.07) is 4.53. The first-order valence-electron chi connectivity index (χ1n) is 11.5. The minimum atomic E-state index is -0.381. The largest absolute Gasteiger partial charge is 0.353 e. The third-order valence-electron chi connectivity index (χ3n) is 6.76. The first kappa shape index (κ1) is 20.7. The molecule has 1 amide bonds. The van der Waals surface area contributed by atoms with Crippen LogP contribution in [0.4, 0.5) is 5.69 Å². The molecule has 0 aliphatic carbocycles. The van der Waals surface area contributed by atoms with Crippen LogP contribution in [0, 0.1) is 0 Å². The molecule has 5 nitrogen and oxygen atoms in total.